The highest BCUT2D eigenvalue weighted by Crippen LogP contribution is 2.15. The minimum absolute atomic E-state index is 0.927. The van der Waals surface area contributed by atoms with Gasteiger partial charge in [-0.05, 0) is 30.0 Å². The summed E-state index contributed by atoms with van der Waals surface area (Å²) in [6.45, 7) is 2.10. The Labute approximate surface area is 115 Å². The zero-order chi connectivity index (χ0) is 13.5. The van der Waals surface area contributed by atoms with Crippen LogP contribution < -0.4 is 0 Å². The van der Waals surface area contributed by atoms with Crippen molar-refractivity contribution >= 4 is 11.8 Å². The van der Waals surface area contributed by atoms with Gasteiger partial charge in [-0.3, -0.25) is 4.99 Å². The molecule has 0 heterocycles. The van der Waals surface area contributed by atoms with Crippen molar-refractivity contribution in [1.82, 2.24) is 0 Å². The molecule has 0 aliphatic heterocycles. The van der Waals surface area contributed by atoms with E-state index in [0.29, 0.717) is 0 Å². The molecule has 0 bridgehead atoms. The first-order chi connectivity index (χ1) is 9.29. The van der Waals surface area contributed by atoms with E-state index >= 15 is 0 Å². The van der Waals surface area contributed by atoms with Crippen molar-refractivity contribution < 1.29 is 0 Å². The van der Waals surface area contributed by atoms with Gasteiger partial charge in [0, 0.05) is 13.3 Å². The van der Waals surface area contributed by atoms with Gasteiger partial charge < -0.3 is 0 Å². The Kier molecular flexibility index (Phi) is 4.68. The fourth-order valence-electron chi connectivity index (χ4n) is 1.97. The quantitative estimate of drug-likeness (QED) is 0.715. The molecule has 1 heteroatoms. The molecule has 0 amide bonds. The zero-order valence-corrected chi connectivity index (χ0v) is 11.5. The monoisotopic (exact) mass is 249 g/mol. The van der Waals surface area contributed by atoms with Crippen LogP contribution in [0.1, 0.15) is 16.7 Å². The highest BCUT2D eigenvalue weighted by molar-refractivity contribution is 6.09. The summed E-state index contributed by atoms with van der Waals surface area (Å²) < 4.78 is 0. The van der Waals surface area contributed by atoms with Gasteiger partial charge in [0.1, 0.15) is 0 Å². The van der Waals surface area contributed by atoms with Crippen LogP contribution in [0.3, 0.4) is 0 Å². The topological polar surface area (TPSA) is 12.4 Å². The van der Waals surface area contributed by atoms with Crippen LogP contribution in [0.5, 0.6) is 0 Å². The molecule has 0 atom stereocenters. The Hall–Kier alpha value is -2.15. The van der Waals surface area contributed by atoms with E-state index in [1.165, 1.54) is 22.3 Å². The Morgan fingerprint density at radius 2 is 1.68 bits per heavy atom. The van der Waals surface area contributed by atoms with E-state index in [4.69, 9.17) is 0 Å². The highest BCUT2D eigenvalue weighted by atomic mass is 14.6. The maximum atomic E-state index is 4.15. The summed E-state index contributed by atoms with van der Waals surface area (Å²) in [7, 11) is 1.81. The van der Waals surface area contributed by atoms with Crippen LogP contribution in [0.2, 0.25) is 0 Å². The lowest BCUT2D eigenvalue weighted by Crippen LogP contribution is -1.89. The molecule has 0 saturated heterocycles. The van der Waals surface area contributed by atoms with Gasteiger partial charge in [0.25, 0.3) is 0 Å². The van der Waals surface area contributed by atoms with Gasteiger partial charge in [-0.15, -0.1) is 0 Å². The molecule has 2 aromatic carbocycles. The lowest BCUT2D eigenvalue weighted by atomic mass is 10.0. The number of allylic oxidation sites excluding steroid dienone is 2. The summed E-state index contributed by atoms with van der Waals surface area (Å²) in [5.41, 5.74) is 4.98. The molecule has 2 aromatic rings. The van der Waals surface area contributed by atoms with Crippen molar-refractivity contribution in [2.45, 2.75) is 13.3 Å². The standard InChI is InChI=1S/C18H19N/c1-15-8-11-17(12-9-15)18(14-19-2)13-10-16-6-4-3-5-7-16/h3-9,11-14H,10H2,1-2H3/b18-13+,19-14?. The molecule has 19 heavy (non-hydrogen) atoms. The largest absolute Gasteiger partial charge is 0.296 e. The van der Waals surface area contributed by atoms with Crippen LogP contribution >= 0.6 is 0 Å². The third-order valence-corrected chi connectivity index (χ3v) is 3.05. The van der Waals surface area contributed by atoms with E-state index in [-0.39, 0.29) is 0 Å². The van der Waals surface area contributed by atoms with Gasteiger partial charge >= 0.3 is 0 Å². The molecule has 0 fully saturated rings. The van der Waals surface area contributed by atoms with Gasteiger partial charge in [0.15, 0.2) is 0 Å². The van der Waals surface area contributed by atoms with Crippen molar-refractivity contribution in [2.24, 2.45) is 4.99 Å². The average Bonchev–Trinajstić information content (AvgIpc) is 2.46. The van der Waals surface area contributed by atoms with E-state index < -0.39 is 0 Å². The zero-order valence-electron chi connectivity index (χ0n) is 11.5. The van der Waals surface area contributed by atoms with Crippen molar-refractivity contribution in [3.8, 4) is 0 Å². The molecule has 0 spiro atoms. The number of rotatable bonds is 4. The molecular formula is C18H19N. The second-order valence-corrected chi connectivity index (χ2v) is 4.60. The first-order valence-electron chi connectivity index (χ1n) is 6.53. The summed E-state index contributed by atoms with van der Waals surface area (Å²) in [6, 6.07) is 19.0. The summed E-state index contributed by atoms with van der Waals surface area (Å²) in [6.07, 6.45) is 5.08. The Morgan fingerprint density at radius 3 is 2.32 bits per heavy atom. The second-order valence-electron chi connectivity index (χ2n) is 4.60. The van der Waals surface area contributed by atoms with Gasteiger partial charge in [0.05, 0.1) is 0 Å². The third kappa shape index (κ3) is 3.92. The third-order valence-electron chi connectivity index (χ3n) is 3.05. The van der Waals surface area contributed by atoms with E-state index in [9.17, 15) is 0 Å². The molecule has 2 rings (SSSR count). The molecule has 0 radical (unpaired) electrons. The smallest absolute Gasteiger partial charge is 0.0284 e. The number of benzene rings is 2. The SMILES string of the molecule is CN=C/C(=C\Cc1ccccc1)c1ccc(C)cc1. The minimum atomic E-state index is 0.927. The van der Waals surface area contributed by atoms with Gasteiger partial charge in [0.2, 0.25) is 0 Å². The Balaban J connectivity index is 2.22. The van der Waals surface area contributed by atoms with E-state index in [1.54, 1.807) is 0 Å². The molecule has 96 valence electrons. The Morgan fingerprint density at radius 1 is 1.00 bits per heavy atom. The van der Waals surface area contributed by atoms with Crippen molar-refractivity contribution in [1.29, 1.82) is 0 Å². The fourth-order valence-corrected chi connectivity index (χ4v) is 1.97. The van der Waals surface area contributed by atoms with Crippen molar-refractivity contribution in [2.75, 3.05) is 7.05 Å². The van der Waals surface area contributed by atoms with Crippen LogP contribution in [0, 0.1) is 6.92 Å². The van der Waals surface area contributed by atoms with Gasteiger partial charge in [-0.2, -0.15) is 0 Å². The first kappa shape index (κ1) is 13.3. The maximum absolute atomic E-state index is 4.15. The van der Waals surface area contributed by atoms with Crippen molar-refractivity contribution in [3.63, 3.8) is 0 Å². The van der Waals surface area contributed by atoms with E-state index in [2.05, 4.69) is 66.5 Å². The lowest BCUT2D eigenvalue weighted by Gasteiger charge is -2.03. The molecule has 1 nitrogen and oxygen atoms in total. The summed E-state index contributed by atoms with van der Waals surface area (Å²) in [5.74, 6) is 0. The Bertz CT molecular complexity index is 562. The highest BCUT2D eigenvalue weighted by Gasteiger charge is 1.98. The average molecular weight is 249 g/mol. The molecule has 0 saturated carbocycles. The summed E-state index contributed by atoms with van der Waals surface area (Å²) in [5, 5.41) is 0. The molecule has 0 aliphatic rings. The van der Waals surface area contributed by atoms with Crippen LogP contribution in [0.15, 0.2) is 65.7 Å². The molecule has 0 aromatic heterocycles. The van der Waals surface area contributed by atoms with Crippen LogP contribution in [0.4, 0.5) is 0 Å². The van der Waals surface area contributed by atoms with Gasteiger partial charge in [-0.25, -0.2) is 0 Å². The second kappa shape index (κ2) is 6.69. The van der Waals surface area contributed by atoms with Gasteiger partial charge in [-0.1, -0.05) is 66.2 Å². The molecule has 0 N–H and O–H groups in total. The summed E-state index contributed by atoms with van der Waals surface area (Å²) >= 11 is 0. The van der Waals surface area contributed by atoms with Crippen molar-refractivity contribution in [3.05, 3.63) is 77.4 Å². The molecular weight excluding hydrogens is 230 g/mol. The predicted octanol–water partition coefficient (Wildman–Crippen LogP) is 4.32. The fraction of sp³-hybridized carbons (Fsp3) is 0.167. The normalized spacial score (nSPS) is 12.0. The lowest BCUT2D eigenvalue weighted by molar-refractivity contribution is 1.27. The van der Waals surface area contributed by atoms with E-state index in [0.717, 1.165) is 6.42 Å². The number of aliphatic imine (C=N–C) groups is 1. The van der Waals surface area contributed by atoms with Crippen LogP contribution in [0.25, 0.3) is 5.57 Å². The number of hydrogen-bond donors (Lipinski definition) is 0. The minimum Gasteiger partial charge on any atom is -0.296 e. The predicted molar refractivity (Wildman–Crippen MR) is 83.7 cm³/mol. The molecule has 0 unspecified atom stereocenters. The number of aryl methyl sites for hydroxylation is 1. The first-order valence-corrected chi connectivity index (χ1v) is 6.53. The van der Waals surface area contributed by atoms with E-state index in [1.807, 2.05) is 19.3 Å². The molecule has 0 aliphatic carbocycles. The number of hydrogen-bond acceptors (Lipinski definition) is 1. The van der Waals surface area contributed by atoms with Crippen LogP contribution in [-0.4, -0.2) is 13.3 Å². The summed E-state index contributed by atoms with van der Waals surface area (Å²) in [4.78, 5) is 4.15. The maximum Gasteiger partial charge on any atom is 0.0284 e. The number of nitrogens with zero attached hydrogens (tertiary/aromatic N) is 1. The van der Waals surface area contributed by atoms with Crippen LogP contribution in [-0.2, 0) is 6.42 Å².